The summed E-state index contributed by atoms with van der Waals surface area (Å²) in [4.78, 5) is 2.45. The molecule has 44 valence electrons. The summed E-state index contributed by atoms with van der Waals surface area (Å²) < 4.78 is 1.68. The summed E-state index contributed by atoms with van der Waals surface area (Å²) in [6.45, 7) is 0. The van der Waals surface area contributed by atoms with Crippen molar-refractivity contribution in [3.8, 4) is 0 Å². The maximum absolute atomic E-state index is 2.45. The summed E-state index contributed by atoms with van der Waals surface area (Å²) >= 11 is 0.979. The van der Waals surface area contributed by atoms with Crippen LogP contribution >= 0.6 is 0 Å². The Morgan fingerprint density at radius 1 is 1.22 bits per heavy atom. The molecule has 0 nitrogen and oxygen atoms in total. The van der Waals surface area contributed by atoms with Crippen molar-refractivity contribution in [2.75, 3.05) is 0 Å². The van der Waals surface area contributed by atoms with Crippen LogP contribution in [0.15, 0.2) is 24.3 Å². The van der Waals surface area contributed by atoms with Crippen LogP contribution in [0, 0.1) is 0 Å². The van der Waals surface area contributed by atoms with Crippen molar-refractivity contribution in [3.05, 3.63) is 29.8 Å². The molecule has 2 rings (SSSR count). The van der Waals surface area contributed by atoms with Gasteiger partial charge in [-0.3, -0.25) is 0 Å². The number of rotatable bonds is 0. The van der Waals surface area contributed by atoms with E-state index in [2.05, 4.69) is 29.1 Å². The molecule has 0 N–H and O–H groups in total. The van der Waals surface area contributed by atoms with Crippen molar-refractivity contribution in [2.45, 2.75) is 0 Å². The van der Waals surface area contributed by atoms with E-state index in [0.717, 1.165) is 0 Å². The van der Waals surface area contributed by atoms with Crippen LogP contribution in [0.5, 0.6) is 0 Å². The van der Waals surface area contributed by atoms with Crippen LogP contribution in [0.4, 0.5) is 0 Å². The summed E-state index contributed by atoms with van der Waals surface area (Å²) in [5.74, 6) is 0. The number of hydrogen-bond acceptors (Lipinski definition) is 0. The Balaban J connectivity index is 2.63. The molecule has 1 aromatic rings. The van der Waals surface area contributed by atoms with Crippen molar-refractivity contribution in [1.29, 1.82) is 0 Å². The van der Waals surface area contributed by atoms with E-state index in [1.165, 1.54) is 5.56 Å². The molecule has 0 saturated carbocycles. The molecule has 1 atom stereocenters. The third kappa shape index (κ3) is 1.07. The topological polar surface area (TPSA) is 0 Å². The molecule has 0 saturated heterocycles. The predicted molar refractivity (Wildman–Crippen MR) is 44.1 cm³/mol. The second-order valence-corrected chi connectivity index (χ2v) is 9.89. The summed E-state index contributed by atoms with van der Waals surface area (Å²) in [6.07, 6.45) is 0. The van der Waals surface area contributed by atoms with Crippen LogP contribution in [0.25, 0.3) is 0 Å². The van der Waals surface area contributed by atoms with E-state index in [4.69, 9.17) is 0 Å². The average Bonchev–Trinajstić information content (AvgIpc) is 2.33. The number of benzene rings is 1. The normalized spacial score (nSPS) is 18.2. The Morgan fingerprint density at radius 2 is 2.11 bits per heavy atom. The van der Waals surface area contributed by atoms with E-state index in [9.17, 15) is 0 Å². The van der Waals surface area contributed by atoms with Gasteiger partial charge in [-0.2, -0.15) is 0 Å². The van der Waals surface area contributed by atoms with E-state index in [1.807, 2.05) is 0 Å². The van der Waals surface area contributed by atoms with Gasteiger partial charge >= 0.3 is 65.9 Å². The van der Waals surface area contributed by atoms with Crippen LogP contribution in [-0.2, 0) is 0 Å². The van der Waals surface area contributed by atoms with E-state index in [0.29, 0.717) is 26.9 Å². The van der Waals surface area contributed by atoms with E-state index in [-0.39, 0.29) is 0 Å². The molecule has 0 spiro atoms. The van der Waals surface area contributed by atoms with Crippen molar-refractivity contribution < 1.29 is 0 Å². The van der Waals surface area contributed by atoms with Gasteiger partial charge in [0.25, 0.3) is 0 Å². The third-order valence-corrected chi connectivity index (χ3v) is 9.38. The SMILES string of the molecule is C1=[As][AsH]c2ccccc21. The predicted octanol–water partition coefficient (Wildman–Crippen LogP) is -0.469. The maximum atomic E-state index is 2.45. The summed E-state index contributed by atoms with van der Waals surface area (Å²) in [7, 11) is 0. The minimum absolute atomic E-state index is 0.341. The fourth-order valence-electron chi connectivity index (χ4n) is 0.883. The number of fused-ring (bicyclic) bond motifs is 1. The summed E-state index contributed by atoms with van der Waals surface area (Å²) in [5, 5.41) is 0. The quantitative estimate of drug-likeness (QED) is 0.538. The first-order chi connectivity index (χ1) is 4.47. The van der Waals surface area contributed by atoms with Crippen molar-refractivity contribution in [3.63, 3.8) is 0 Å². The molecule has 0 amide bonds. The zero-order valence-corrected chi connectivity index (χ0v) is 8.81. The third-order valence-electron chi connectivity index (χ3n) is 1.35. The van der Waals surface area contributed by atoms with Gasteiger partial charge in [-0.05, 0) is 0 Å². The molecule has 1 aliphatic heterocycles. The van der Waals surface area contributed by atoms with Gasteiger partial charge < -0.3 is 0 Å². The van der Waals surface area contributed by atoms with Crippen LogP contribution in [0.3, 0.4) is 0 Å². The molecule has 2 heteroatoms. The molecule has 0 fully saturated rings. The van der Waals surface area contributed by atoms with Crippen LogP contribution in [0.2, 0.25) is 0 Å². The Kier molecular flexibility index (Phi) is 1.62. The van der Waals surface area contributed by atoms with Crippen molar-refractivity contribution >= 4 is 36.1 Å². The molecule has 1 heterocycles. The zero-order chi connectivity index (χ0) is 6.10. The van der Waals surface area contributed by atoms with Gasteiger partial charge in [-0.25, -0.2) is 0 Å². The first kappa shape index (κ1) is 5.95. The van der Waals surface area contributed by atoms with Gasteiger partial charge in [0.1, 0.15) is 0 Å². The van der Waals surface area contributed by atoms with E-state index >= 15 is 0 Å². The van der Waals surface area contributed by atoms with Gasteiger partial charge in [-0.15, -0.1) is 0 Å². The fraction of sp³-hybridized carbons (Fsp3) is 0. The zero-order valence-electron chi connectivity index (χ0n) is 4.83. The molecular weight excluding hydrogens is 234 g/mol. The fourth-order valence-corrected chi connectivity index (χ4v) is 9.54. The minimum atomic E-state index is 0.341. The second kappa shape index (κ2) is 2.44. The molecule has 1 aromatic carbocycles. The molecule has 0 radical (unpaired) electrons. The van der Waals surface area contributed by atoms with Crippen LogP contribution in [0.1, 0.15) is 5.56 Å². The van der Waals surface area contributed by atoms with Crippen molar-refractivity contribution in [1.82, 2.24) is 0 Å². The Hall–Kier alpha value is 0.207. The van der Waals surface area contributed by atoms with Crippen LogP contribution in [-0.4, -0.2) is 31.7 Å². The number of hydrogen-bond donors (Lipinski definition) is 0. The first-order valence-electron chi connectivity index (χ1n) is 2.85. The van der Waals surface area contributed by atoms with Gasteiger partial charge in [0.05, 0.1) is 0 Å². The monoisotopic (exact) mass is 240 g/mol. The molecule has 0 bridgehead atoms. The second-order valence-electron chi connectivity index (χ2n) is 1.96. The summed E-state index contributed by atoms with van der Waals surface area (Å²) in [5.41, 5.74) is 1.54. The standard InChI is InChI=1S/C7H6As2/c1-2-4-7-6(3-1)5-8-9-7/h1-5,9H. The van der Waals surface area contributed by atoms with Crippen molar-refractivity contribution in [2.24, 2.45) is 0 Å². The van der Waals surface area contributed by atoms with Gasteiger partial charge in [0.15, 0.2) is 0 Å². The Labute approximate surface area is 65.9 Å². The van der Waals surface area contributed by atoms with Gasteiger partial charge in [-0.1, -0.05) is 0 Å². The first-order valence-corrected chi connectivity index (χ1v) is 10.8. The summed E-state index contributed by atoms with van der Waals surface area (Å²) in [6, 6.07) is 8.81. The Morgan fingerprint density at radius 3 is 3.00 bits per heavy atom. The molecule has 1 unspecified atom stereocenters. The average molecular weight is 240 g/mol. The van der Waals surface area contributed by atoms with E-state index in [1.54, 1.807) is 4.35 Å². The van der Waals surface area contributed by atoms with E-state index < -0.39 is 0 Å². The Bertz CT molecular complexity index is 253. The molecule has 0 aromatic heterocycles. The van der Waals surface area contributed by atoms with Crippen LogP contribution < -0.4 is 4.35 Å². The molecule has 0 aliphatic carbocycles. The van der Waals surface area contributed by atoms with Gasteiger partial charge in [0.2, 0.25) is 0 Å². The molecular formula is C7H6As2. The molecule has 1 aliphatic rings. The molecule has 9 heavy (non-hydrogen) atoms. The van der Waals surface area contributed by atoms with Gasteiger partial charge in [0, 0.05) is 0 Å².